The van der Waals surface area contributed by atoms with E-state index < -0.39 is 0 Å². The third-order valence-corrected chi connectivity index (χ3v) is 7.93. The molecule has 4 N–H and O–H groups in total. The lowest BCUT2D eigenvalue weighted by Gasteiger charge is -2.19. The van der Waals surface area contributed by atoms with E-state index in [1.807, 2.05) is 42.5 Å². The van der Waals surface area contributed by atoms with Crippen LogP contribution in [-0.4, -0.2) is 16.0 Å². The maximum absolute atomic E-state index is 12.8. The van der Waals surface area contributed by atoms with Crippen molar-refractivity contribution in [1.82, 2.24) is 4.98 Å². The number of hydrogen-bond donors (Lipinski definition) is 3. The summed E-state index contributed by atoms with van der Waals surface area (Å²) in [6.45, 7) is 0. The van der Waals surface area contributed by atoms with Crippen LogP contribution in [0, 0.1) is 11.8 Å². The monoisotopic (exact) mass is 447 g/mol. The molecule has 0 aliphatic heterocycles. The van der Waals surface area contributed by atoms with E-state index >= 15 is 0 Å². The van der Waals surface area contributed by atoms with Crippen molar-refractivity contribution in [3.05, 3.63) is 76.3 Å². The minimum absolute atomic E-state index is 0.00432. The Hall–Kier alpha value is -2.70. The van der Waals surface area contributed by atoms with E-state index in [1.54, 1.807) is 0 Å². The van der Waals surface area contributed by atoms with E-state index in [9.17, 15) is 9.90 Å². The summed E-state index contributed by atoms with van der Waals surface area (Å²) >= 11 is 1.49. The summed E-state index contributed by atoms with van der Waals surface area (Å²) in [5.74, 6) is 0.711. The normalized spacial score (nSPS) is 23.1. The fourth-order valence-electron chi connectivity index (χ4n) is 5.30. The van der Waals surface area contributed by atoms with Gasteiger partial charge < -0.3 is 16.2 Å². The molecule has 0 spiro atoms. The van der Waals surface area contributed by atoms with Crippen molar-refractivity contribution in [3.63, 3.8) is 0 Å². The van der Waals surface area contributed by atoms with Crippen LogP contribution in [-0.2, 0) is 17.6 Å². The van der Waals surface area contributed by atoms with Gasteiger partial charge in [0.2, 0.25) is 5.91 Å². The van der Waals surface area contributed by atoms with Crippen LogP contribution in [0.5, 0.6) is 0 Å². The van der Waals surface area contributed by atoms with Crippen molar-refractivity contribution < 1.29 is 9.90 Å². The highest BCUT2D eigenvalue weighted by Crippen LogP contribution is 2.41. The first-order chi connectivity index (χ1) is 15.6. The second kappa shape index (κ2) is 9.04. The Kier molecular flexibility index (Phi) is 5.98. The van der Waals surface area contributed by atoms with Gasteiger partial charge in [-0.1, -0.05) is 42.5 Å². The summed E-state index contributed by atoms with van der Waals surface area (Å²) in [7, 11) is 0. The van der Waals surface area contributed by atoms with Crippen LogP contribution >= 0.6 is 11.3 Å². The molecule has 1 aromatic heterocycles. The van der Waals surface area contributed by atoms with E-state index in [1.165, 1.54) is 16.9 Å². The molecule has 3 aromatic rings. The van der Waals surface area contributed by atoms with Crippen molar-refractivity contribution in [2.24, 2.45) is 11.8 Å². The van der Waals surface area contributed by atoms with Gasteiger partial charge in [-0.15, -0.1) is 11.3 Å². The van der Waals surface area contributed by atoms with Gasteiger partial charge in [0.1, 0.15) is 0 Å². The molecule has 1 heterocycles. The van der Waals surface area contributed by atoms with Gasteiger partial charge in [-0.05, 0) is 73.6 Å². The molecule has 0 bridgehead atoms. The Balaban J connectivity index is 1.15. The zero-order valence-electron chi connectivity index (χ0n) is 18.0. The summed E-state index contributed by atoms with van der Waals surface area (Å²) in [6, 6.07) is 18.2. The van der Waals surface area contributed by atoms with Gasteiger partial charge in [0.05, 0.1) is 17.7 Å². The standard InChI is InChI=1S/C26H29N3O2S/c27-26-29-23-21(12-13-22(23)32-26)25(31)28-20-10-7-16(8-11-20)14-17-6-9-19(15-17)24(30)18-4-2-1-3-5-18/h1-5,7-8,10-11,17,19,21,24,30H,6,9,12-15H2,(H2,27,29)(H,28,31)/t17-,19-,21?,24+/m0/s1. The molecule has 2 aliphatic rings. The first-order valence-electron chi connectivity index (χ1n) is 11.4. The molecule has 4 atom stereocenters. The molecule has 1 amide bonds. The summed E-state index contributed by atoms with van der Waals surface area (Å²) in [4.78, 5) is 18.3. The van der Waals surface area contributed by atoms with E-state index in [4.69, 9.17) is 5.73 Å². The van der Waals surface area contributed by atoms with Gasteiger partial charge in [-0.2, -0.15) is 0 Å². The summed E-state index contributed by atoms with van der Waals surface area (Å²) in [6.07, 6.45) is 5.58. The minimum atomic E-state index is -0.372. The molecule has 0 radical (unpaired) electrons. The fraction of sp³-hybridized carbons (Fsp3) is 0.385. The number of anilines is 2. The van der Waals surface area contributed by atoms with Crippen molar-refractivity contribution in [1.29, 1.82) is 0 Å². The molecule has 2 aliphatic carbocycles. The van der Waals surface area contributed by atoms with Gasteiger partial charge in [-0.25, -0.2) is 4.98 Å². The predicted molar refractivity (Wildman–Crippen MR) is 129 cm³/mol. The number of rotatable bonds is 6. The number of nitrogens with two attached hydrogens (primary N) is 1. The average Bonchev–Trinajstić information content (AvgIpc) is 3.51. The third-order valence-electron chi connectivity index (χ3n) is 6.97. The minimum Gasteiger partial charge on any atom is -0.388 e. The van der Waals surface area contributed by atoms with Gasteiger partial charge in [0.15, 0.2) is 5.13 Å². The Labute approximate surface area is 192 Å². The molecule has 1 unspecified atom stereocenters. The number of aromatic nitrogens is 1. The predicted octanol–water partition coefficient (Wildman–Crippen LogP) is 5.09. The number of amides is 1. The van der Waals surface area contributed by atoms with E-state index in [2.05, 4.69) is 22.4 Å². The van der Waals surface area contributed by atoms with Crippen LogP contribution in [0.3, 0.4) is 0 Å². The van der Waals surface area contributed by atoms with Crippen LogP contribution in [0.1, 0.15) is 59.4 Å². The number of thiazole rings is 1. The number of aliphatic hydroxyl groups is 1. The number of carbonyl (C=O) groups excluding carboxylic acids is 1. The van der Waals surface area contributed by atoms with Crippen molar-refractivity contribution in [3.8, 4) is 0 Å². The van der Waals surface area contributed by atoms with Gasteiger partial charge in [0, 0.05) is 10.6 Å². The number of nitrogens with zero attached hydrogens (tertiary/aromatic N) is 1. The highest BCUT2D eigenvalue weighted by atomic mass is 32.1. The number of nitrogens with one attached hydrogen (secondary N) is 1. The van der Waals surface area contributed by atoms with Gasteiger partial charge in [0.25, 0.3) is 0 Å². The van der Waals surface area contributed by atoms with Crippen molar-refractivity contribution >= 4 is 28.1 Å². The Morgan fingerprint density at radius 2 is 1.91 bits per heavy atom. The lowest BCUT2D eigenvalue weighted by Crippen LogP contribution is -2.19. The first kappa shape index (κ1) is 21.2. The third kappa shape index (κ3) is 4.43. The number of nitrogen functional groups attached to an aromatic ring is 1. The molecule has 1 fully saturated rings. The maximum atomic E-state index is 12.8. The zero-order chi connectivity index (χ0) is 22.1. The summed E-state index contributed by atoms with van der Waals surface area (Å²) in [5.41, 5.74) is 9.78. The fourth-order valence-corrected chi connectivity index (χ4v) is 6.21. The zero-order valence-corrected chi connectivity index (χ0v) is 18.9. The maximum Gasteiger partial charge on any atom is 0.233 e. The quantitative estimate of drug-likeness (QED) is 0.491. The molecule has 5 nitrogen and oxygen atoms in total. The molecular weight excluding hydrogens is 418 g/mol. The molecule has 0 saturated heterocycles. The highest BCUT2D eigenvalue weighted by Gasteiger charge is 2.33. The Morgan fingerprint density at radius 1 is 1.12 bits per heavy atom. The smallest absolute Gasteiger partial charge is 0.233 e. The molecule has 32 heavy (non-hydrogen) atoms. The van der Waals surface area contributed by atoms with Crippen LogP contribution in [0.25, 0.3) is 0 Å². The number of benzene rings is 2. The SMILES string of the molecule is Nc1nc2c(s1)CCC2C(=O)Nc1ccc(C[C@@H]2CC[C@H]([C@H](O)c3ccccc3)C2)cc1. The Bertz CT molecular complexity index is 1080. The number of aryl methyl sites for hydroxylation is 1. The topological polar surface area (TPSA) is 88.2 Å². The van der Waals surface area contributed by atoms with Crippen molar-refractivity contribution in [2.45, 2.75) is 50.5 Å². The Morgan fingerprint density at radius 3 is 2.69 bits per heavy atom. The molecule has 2 aromatic carbocycles. The second-order valence-corrected chi connectivity index (χ2v) is 10.3. The second-order valence-electron chi connectivity index (χ2n) is 9.14. The average molecular weight is 448 g/mol. The highest BCUT2D eigenvalue weighted by molar-refractivity contribution is 7.15. The number of aliphatic hydroxyl groups excluding tert-OH is 1. The lowest BCUT2D eigenvalue weighted by atomic mass is 9.91. The van der Waals surface area contributed by atoms with E-state index in [0.717, 1.165) is 60.3 Å². The van der Waals surface area contributed by atoms with Crippen LogP contribution in [0.4, 0.5) is 10.8 Å². The number of hydrogen-bond acceptors (Lipinski definition) is 5. The summed E-state index contributed by atoms with van der Waals surface area (Å²) in [5, 5.41) is 14.3. The van der Waals surface area contributed by atoms with Crippen LogP contribution < -0.4 is 11.1 Å². The molecule has 166 valence electrons. The molecular formula is C26H29N3O2S. The molecule has 5 rings (SSSR count). The molecule has 1 saturated carbocycles. The number of fused-ring (bicyclic) bond motifs is 1. The van der Waals surface area contributed by atoms with Crippen LogP contribution in [0.15, 0.2) is 54.6 Å². The first-order valence-corrected chi connectivity index (χ1v) is 12.3. The lowest BCUT2D eigenvalue weighted by molar-refractivity contribution is -0.117. The largest absolute Gasteiger partial charge is 0.388 e. The van der Waals surface area contributed by atoms with E-state index in [-0.39, 0.29) is 17.9 Å². The van der Waals surface area contributed by atoms with Crippen molar-refractivity contribution in [2.75, 3.05) is 11.1 Å². The van der Waals surface area contributed by atoms with Gasteiger partial charge in [-0.3, -0.25) is 4.79 Å². The van der Waals surface area contributed by atoms with E-state index in [0.29, 0.717) is 17.0 Å². The molecule has 6 heteroatoms. The summed E-state index contributed by atoms with van der Waals surface area (Å²) < 4.78 is 0. The van der Waals surface area contributed by atoms with Gasteiger partial charge >= 0.3 is 0 Å². The van der Waals surface area contributed by atoms with Crippen LogP contribution in [0.2, 0.25) is 0 Å². The number of carbonyl (C=O) groups is 1.